The van der Waals surface area contributed by atoms with E-state index in [0.717, 1.165) is 56.5 Å². The molecule has 158 valence electrons. The Labute approximate surface area is 176 Å². The lowest BCUT2D eigenvalue weighted by atomic mass is 10.2. The van der Waals surface area contributed by atoms with Crippen molar-refractivity contribution in [2.75, 3.05) is 45.1 Å². The number of carbonyl (C=O) groups is 1. The summed E-state index contributed by atoms with van der Waals surface area (Å²) < 4.78 is 7.40. The summed E-state index contributed by atoms with van der Waals surface area (Å²) in [5.74, 6) is 0.473. The standard InChI is InChI=1S/C20H30N6O2S/c1-17(2)26-16-22-23-20(26)29-15-19(27)25(14-18-4-6-21-7-5-18)9-3-8-24-10-12-28-13-11-24/h4-7,16-17H,3,8-15H2,1-2H3. The first kappa shape index (κ1) is 21.7. The van der Waals surface area contributed by atoms with Crippen molar-refractivity contribution in [1.29, 1.82) is 0 Å². The fourth-order valence-corrected chi connectivity index (χ4v) is 4.16. The lowest BCUT2D eigenvalue weighted by Gasteiger charge is -2.28. The molecule has 2 aromatic rings. The van der Waals surface area contributed by atoms with Gasteiger partial charge in [0.25, 0.3) is 0 Å². The zero-order valence-electron chi connectivity index (χ0n) is 17.2. The lowest BCUT2D eigenvalue weighted by Crippen LogP contribution is -2.39. The Morgan fingerprint density at radius 3 is 2.76 bits per heavy atom. The molecule has 1 aliphatic rings. The molecule has 0 spiro atoms. The third-order valence-electron chi connectivity index (χ3n) is 4.90. The first-order chi connectivity index (χ1) is 14.1. The number of thioether (sulfide) groups is 1. The van der Waals surface area contributed by atoms with Crippen molar-refractivity contribution in [1.82, 2.24) is 29.5 Å². The molecule has 0 aliphatic carbocycles. The first-order valence-corrected chi connectivity index (χ1v) is 11.1. The molecule has 3 heterocycles. The average molecular weight is 419 g/mol. The molecular formula is C20H30N6O2S. The maximum atomic E-state index is 13.0. The van der Waals surface area contributed by atoms with Crippen molar-refractivity contribution in [3.8, 4) is 0 Å². The summed E-state index contributed by atoms with van der Waals surface area (Å²) in [6, 6.07) is 4.19. The molecule has 9 heteroatoms. The molecular weight excluding hydrogens is 388 g/mol. The number of hydrogen-bond acceptors (Lipinski definition) is 7. The molecule has 0 N–H and O–H groups in total. The van der Waals surface area contributed by atoms with Gasteiger partial charge in [-0.05, 0) is 38.0 Å². The van der Waals surface area contributed by atoms with Gasteiger partial charge in [-0.3, -0.25) is 14.7 Å². The minimum absolute atomic E-state index is 0.118. The molecule has 8 nitrogen and oxygen atoms in total. The first-order valence-electron chi connectivity index (χ1n) is 10.1. The third kappa shape index (κ3) is 6.80. The van der Waals surface area contributed by atoms with Crippen molar-refractivity contribution in [3.05, 3.63) is 36.4 Å². The highest BCUT2D eigenvalue weighted by molar-refractivity contribution is 7.99. The van der Waals surface area contributed by atoms with Crippen LogP contribution >= 0.6 is 11.8 Å². The van der Waals surface area contributed by atoms with Crippen LogP contribution in [0, 0.1) is 0 Å². The van der Waals surface area contributed by atoms with Crippen molar-refractivity contribution < 1.29 is 9.53 Å². The van der Waals surface area contributed by atoms with Crippen molar-refractivity contribution in [2.45, 2.75) is 38.0 Å². The van der Waals surface area contributed by atoms with Gasteiger partial charge in [-0.25, -0.2) is 0 Å². The Morgan fingerprint density at radius 2 is 2.03 bits per heavy atom. The second-order valence-electron chi connectivity index (χ2n) is 7.38. The Kier molecular flexibility index (Phi) is 8.45. The number of pyridine rings is 1. The fourth-order valence-electron chi connectivity index (χ4n) is 3.22. The van der Waals surface area contributed by atoms with Crippen LogP contribution in [0.25, 0.3) is 0 Å². The van der Waals surface area contributed by atoms with Crippen LogP contribution in [0.4, 0.5) is 0 Å². The number of hydrogen-bond donors (Lipinski definition) is 0. The molecule has 2 aromatic heterocycles. The number of nitrogens with zero attached hydrogens (tertiary/aromatic N) is 6. The van der Waals surface area contributed by atoms with Crippen LogP contribution in [-0.2, 0) is 16.1 Å². The van der Waals surface area contributed by atoms with Gasteiger partial charge in [0.1, 0.15) is 6.33 Å². The van der Waals surface area contributed by atoms with E-state index in [1.165, 1.54) is 11.8 Å². The van der Waals surface area contributed by atoms with Crippen LogP contribution in [-0.4, -0.2) is 80.6 Å². The second-order valence-corrected chi connectivity index (χ2v) is 8.32. The van der Waals surface area contributed by atoms with Crippen LogP contribution < -0.4 is 0 Å². The maximum absolute atomic E-state index is 13.0. The zero-order chi connectivity index (χ0) is 20.5. The SMILES string of the molecule is CC(C)n1cnnc1SCC(=O)N(CCCN1CCOCC1)Cc1ccncc1. The van der Waals surface area contributed by atoms with E-state index >= 15 is 0 Å². The molecule has 0 saturated carbocycles. The van der Waals surface area contributed by atoms with Gasteiger partial charge < -0.3 is 14.2 Å². The number of ether oxygens (including phenoxy) is 1. The van der Waals surface area contributed by atoms with Gasteiger partial charge in [0.2, 0.25) is 5.91 Å². The zero-order valence-corrected chi connectivity index (χ0v) is 18.1. The minimum atomic E-state index is 0.118. The molecule has 3 rings (SSSR count). The van der Waals surface area contributed by atoms with Gasteiger partial charge in [0, 0.05) is 51.2 Å². The van der Waals surface area contributed by atoms with Crippen LogP contribution in [0.15, 0.2) is 36.0 Å². The molecule has 0 bridgehead atoms. The van der Waals surface area contributed by atoms with E-state index in [2.05, 4.69) is 33.9 Å². The fraction of sp³-hybridized carbons (Fsp3) is 0.600. The highest BCUT2D eigenvalue weighted by Crippen LogP contribution is 2.19. The maximum Gasteiger partial charge on any atom is 0.233 e. The second kappa shape index (κ2) is 11.3. The van der Waals surface area contributed by atoms with E-state index in [1.807, 2.05) is 21.6 Å². The van der Waals surface area contributed by atoms with Gasteiger partial charge in [-0.1, -0.05) is 11.8 Å². The van der Waals surface area contributed by atoms with Crippen LogP contribution in [0.2, 0.25) is 0 Å². The number of amides is 1. The van der Waals surface area contributed by atoms with E-state index < -0.39 is 0 Å². The van der Waals surface area contributed by atoms with Crippen LogP contribution in [0.1, 0.15) is 31.9 Å². The average Bonchev–Trinajstić information content (AvgIpc) is 3.22. The van der Waals surface area contributed by atoms with Gasteiger partial charge in [-0.2, -0.15) is 0 Å². The Hall–Kier alpha value is -1.97. The Balaban J connectivity index is 1.56. The summed E-state index contributed by atoms with van der Waals surface area (Å²) in [5, 5.41) is 8.92. The largest absolute Gasteiger partial charge is 0.379 e. The predicted molar refractivity (Wildman–Crippen MR) is 113 cm³/mol. The molecule has 0 unspecified atom stereocenters. The number of rotatable bonds is 10. The normalized spacial score (nSPS) is 15.0. The summed E-state index contributed by atoms with van der Waals surface area (Å²) in [7, 11) is 0. The molecule has 0 atom stereocenters. The predicted octanol–water partition coefficient (Wildman–Crippen LogP) is 2.10. The smallest absolute Gasteiger partial charge is 0.233 e. The van der Waals surface area contributed by atoms with Crippen molar-refractivity contribution in [3.63, 3.8) is 0 Å². The van der Waals surface area contributed by atoms with E-state index in [0.29, 0.717) is 12.3 Å². The molecule has 1 saturated heterocycles. The topological polar surface area (TPSA) is 76.4 Å². The number of carbonyl (C=O) groups excluding carboxylic acids is 1. The van der Waals surface area contributed by atoms with Gasteiger partial charge in [0.05, 0.1) is 19.0 Å². The van der Waals surface area contributed by atoms with Gasteiger partial charge in [0.15, 0.2) is 5.16 Å². The van der Waals surface area contributed by atoms with Crippen molar-refractivity contribution >= 4 is 17.7 Å². The third-order valence-corrected chi connectivity index (χ3v) is 5.84. The summed E-state index contributed by atoms with van der Waals surface area (Å²) in [6.45, 7) is 10.0. The summed E-state index contributed by atoms with van der Waals surface area (Å²) in [5.41, 5.74) is 1.09. The minimum Gasteiger partial charge on any atom is -0.379 e. The van der Waals surface area contributed by atoms with Crippen LogP contribution in [0.3, 0.4) is 0 Å². The Morgan fingerprint density at radius 1 is 1.28 bits per heavy atom. The van der Waals surface area contributed by atoms with E-state index in [-0.39, 0.29) is 11.9 Å². The summed E-state index contributed by atoms with van der Waals surface area (Å²) in [4.78, 5) is 21.4. The highest BCUT2D eigenvalue weighted by Gasteiger charge is 2.18. The van der Waals surface area contributed by atoms with Crippen LogP contribution in [0.5, 0.6) is 0 Å². The molecule has 1 aliphatic heterocycles. The highest BCUT2D eigenvalue weighted by atomic mass is 32.2. The van der Waals surface area contributed by atoms with E-state index in [4.69, 9.17) is 4.74 Å². The van der Waals surface area contributed by atoms with Gasteiger partial charge >= 0.3 is 0 Å². The molecule has 1 amide bonds. The molecule has 0 radical (unpaired) electrons. The molecule has 29 heavy (non-hydrogen) atoms. The quantitative estimate of drug-likeness (QED) is 0.547. The van der Waals surface area contributed by atoms with Gasteiger partial charge in [-0.15, -0.1) is 10.2 Å². The van der Waals surface area contributed by atoms with Crippen molar-refractivity contribution in [2.24, 2.45) is 0 Å². The Bertz CT molecular complexity index is 748. The summed E-state index contributed by atoms with van der Waals surface area (Å²) >= 11 is 1.45. The summed E-state index contributed by atoms with van der Waals surface area (Å²) in [6.07, 6.45) is 6.20. The number of aromatic nitrogens is 4. The molecule has 1 fully saturated rings. The monoisotopic (exact) mass is 418 g/mol. The lowest BCUT2D eigenvalue weighted by molar-refractivity contribution is -0.129. The molecule has 0 aromatic carbocycles. The van der Waals surface area contributed by atoms with E-state index in [9.17, 15) is 4.79 Å². The van der Waals surface area contributed by atoms with E-state index in [1.54, 1.807) is 18.7 Å². The number of morpholine rings is 1.